The van der Waals surface area contributed by atoms with Gasteiger partial charge in [-0.2, -0.15) is 0 Å². The van der Waals surface area contributed by atoms with Crippen molar-refractivity contribution in [1.29, 1.82) is 0 Å². The van der Waals surface area contributed by atoms with Crippen LogP contribution >= 0.6 is 0 Å². The molecule has 0 spiro atoms. The van der Waals surface area contributed by atoms with Crippen LogP contribution in [0.2, 0.25) is 0 Å². The number of aliphatic hydroxyl groups excluding tert-OH is 1. The molecule has 1 aliphatic heterocycles. The topological polar surface area (TPSA) is 39.6 Å². The number of rotatable bonds is 5. The molecule has 3 rings (SSSR count). The molecular weight excluding hydrogens is 257 g/mol. The number of pyridine rings is 1. The third kappa shape index (κ3) is 3.53. The van der Waals surface area contributed by atoms with Crippen LogP contribution < -0.4 is 0 Å². The highest BCUT2D eigenvalue weighted by Crippen LogP contribution is 2.27. The average molecular weight is 279 g/mol. The summed E-state index contributed by atoms with van der Waals surface area (Å²) in [5.74, 6) is -0.364. The van der Waals surface area contributed by atoms with Crippen LogP contribution in [0.4, 0.5) is 4.39 Å². The molecule has 5 heteroatoms. The first-order chi connectivity index (χ1) is 9.72. The van der Waals surface area contributed by atoms with E-state index in [1.165, 1.54) is 18.9 Å². The first kappa shape index (κ1) is 13.9. The molecule has 4 nitrogen and oxygen atoms in total. The van der Waals surface area contributed by atoms with Gasteiger partial charge < -0.3 is 10.0 Å². The highest BCUT2D eigenvalue weighted by Gasteiger charge is 2.31. The van der Waals surface area contributed by atoms with Gasteiger partial charge in [-0.25, -0.2) is 4.39 Å². The molecule has 2 aliphatic rings. The summed E-state index contributed by atoms with van der Waals surface area (Å²) in [6.07, 6.45) is 3.95. The smallest absolute Gasteiger partial charge is 0.141 e. The molecule has 20 heavy (non-hydrogen) atoms. The first-order valence-electron chi connectivity index (χ1n) is 7.48. The highest BCUT2D eigenvalue weighted by atomic mass is 19.1. The van der Waals surface area contributed by atoms with Gasteiger partial charge in [0.25, 0.3) is 0 Å². The summed E-state index contributed by atoms with van der Waals surface area (Å²) in [5, 5.41) is 10.1. The molecule has 1 atom stereocenters. The van der Waals surface area contributed by atoms with Crippen molar-refractivity contribution in [2.24, 2.45) is 0 Å². The van der Waals surface area contributed by atoms with Crippen molar-refractivity contribution in [2.75, 3.05) is 32.7 Å². The Balaban J connectivity index is 1.41. The maximum Gasteiger partial charge on any atom is 0.141 e. The van der Waals surface area contributed by atoms with Crippen LogP contribution in [0.15, 0.2) is 18.3 Å². The largest absolute Gasteiger partial charge is 0.387 e. The van der Waals surface area contributed by atoms with E-state index in [-0.39, 0.29) is 5.82 Å². The zero-order valence-corrected chi connectivity index (χ0v) is 11.7. The molecule has 1 N–H and O–H groups in total. The molecule has 110 valence electrons. The van der Waals surface area contributed by atoms with Gasteiger partial charge in [-0.3, -0.25) is 9.88 Å². The summed E-state index contributed by atoms with van der Waals surface area (Å²) in [6.45, 7) is 5.34. The van der Waals surface area contributed by atoms with Gasteiger partial charge in [0.2, 0.25) is 0 Å². The summed E-state index contributed by atoms with van der Waals surface area (Å²) in [4.78, 5) is 8.91. The Hall–Kier alpha value is -1.04. The maximum absolute atomic E-state index is 12.8. The van der Waals surface area contributed by atoms with Crippen LogP contribution in [0.1, 0.15) is 31.1 Å². The molecule has 1 aromatic heterocycles. The Kier molecular flexibility index (Phi) is 4.29. The van der Waals surface area contributed by atoms with Crippen LogP contribution in [0.25, 0.3) is 0 Å². The molecule has 1 saturated carbocycles. The van der Waals surface area contributed by atoms with E-state index in [0.717, 1.165) is 45.0 Å². The zero-order chi connectivity index (χ0) is 13.9. The summed E-state index contributed by atoms with van der Waals surface area (Å²) in [6, 6.07) is 3.76. The maximum atomic E-state index is 12.8. The number of nitrogens with zero attached hydrogens (tertiary/aromatic N) is 3. The van der Waals surface area contributed by atoms with Gasteiger partial charge in [-0.1, -0.05) is 0 Å². The molecule has 1 aliphatic carbocycles. The van der Waals surface area contributed by atoms with Gasteiger partial charge in [0.15, 0.2) is 0 Å². The molecule has 2 heterocycles. The Morgan fingerprint density at radius 2 is 2.00 bits per heavy atom. The van der Waals surface area contributed by atoms with Crippen molar-refractivity contribution in [3.63, 3.8) is 0 Å². The predicted octanol–water partition coefficient (Wildman–Crippen LogP) is 1.42. The van der Waals surface area contributed by atoms with Crippen LogP contribution in [0, 0.1) is 5.82 Å². The normalized spacial score (nSPS) is 22.9. The molecule has 0 radical (unpaired) electrons. The van der Waals surface area contributed by atoms with Crippen molar-refractivity contribution < 1.29 is 9.50 Å². The van der Waals surface area contributed by atoms with Gasteiger partial charge in [0.05, 0.1) is 18.0 Å². The second-order valence-electron chi connectivity index (χ2n) is 5.81. The Bertz CT molecular complexity index is 427. The van der Waals surface area contributed by atoms with E-state index in [4.69, 9.17) is 0 Å². The number of halogens is 1. The van der Waals surface area contributed by atoms with E-state index < -0.39 is 6.10 Å². The minimum absolute atomic E-state index is 0.364. The minimum atomic E-state index is -0.600. The number of piperazine rings is 1. The van der Waals surface area contributed by atoms with Crippen molar-refractivity contribution in [3.05, 3.63) is 29.8 Å². The quantitative estimate of drug-likeness (QED) is 0.885. The molecule has 2 fully saturated rings. The van der Waals surface area contributed by atoms with Crippen LogP contribution in [0.5, 0.6) is 0 Å². The molecule has 0 aromatic carbocycles. The SMILES string of the molecule is OC(CCN1CCN(C2CC2)CC1)c1ccc(F)cn1. The standard InChI is InChI=1S/C15H22FN3O/c16-12-1-4-14(17-11-12)15(20)5-6-18-7-9-19(10-8-18)13-2-3-13/h1,4,11,13,15,20H,2-3,5-10H2. The summed E-state index contributed by atoms with van der Waals surface area (Å²) in [5.41, 5.74) is 0.558. The van der Waals surface area contributed by atoms with E-state index >= 15 is 0 Å². The summed E-state index contributed by atoms with van der Waals surface area (Å²) >= 11 is 0. The van der Waals surface area contributed by atoms with E-state index in [2.05, 4.69) is 14.8 Å². The molecule has 1 saturated heterocycles. The van der Waals surface area contributed by atoms with E-state index in [1.54, 1.807) is 6.07 Å². The highest BCUT2D eigenvalue weighted by molar-refractivity contribution is 5.08. The fourth-order valence-electron chi connectivity index (χ4n) is 2.83. The van der Waals surface area contributed by atoms with Crippen LogP contribution in [-0.4, -0.2) is 58.7 Å². The van der Waals surface area contributed by atoms with Gasteiger partial charge in [-0.15, -0.1) is 0 Å². The Morgan fingerprint density at radius 1 is 1.25 bits per heavy atom. The predicted molar refractivity (Wildman–Crippen MR) is 74.8 cm³/mol. The first-order valence-corrected chi connectivity index (χ1v) is 7.48. The number of aliphatic hydroxyl groups is 1. The lowest BCUT2D eigenvalue weighted by molar-refractivity contribution is 0.0976. The van der Waals surface area contributed by atoms with Gasteiger partial charge >= 0.3 is 0 Å². The fraction of sp³-hybridized carbons (Fsp3) is 0.667. The van der Waals surface area contributed by atoms with Crippen LogP contribution in [-0.2, 0) is 0 Å². The van der Waals surface area contributed by atoms with Crippen LogP contribution in [0.3, 0.4) is 0 Å². The average Bonchev–Trinajstić information content (AvgIpc) is 3.31. The number of hydrogen-bond donors (Lipinski definition) is 1. The van der Waals surface area contributed by atoms with Gasteiger partial charge in [0.1, 0.15) is 5.82 Å². The Morgan fingerprint density at radius 3 is 2.60 bits per heavy atom. The lowest BCUT2D eigenvalue weighted by Crippen LogP contribution is -2.47. The molecule has 1 unspecified atom stereocenters. The minimum Gasteiger partial charge on any atom is -0.387 e. The summed E-state index contributed by atoms with van der Waals surface area (Å²) < 4.78 is 12.8. The second kappa shape index (κ2) is 6.16. The molecule has 0 amide bonds. The Labute approximate surface area is 119 Å². The van der Waals surface area contributed by atoms with Crippen molar-refractivity contribution >= 4 is 0 Å². The lowest BCUT2D eigenvalue weighted by atomic mass is 10.1. The van der Waals surface area contributed by atoms with E-state index in [9.17, 15) is 9.50 Å². The number of aromatic nitrogens is 1. The van der Waals surface area contributed by atoms with E-state index in [1.807, 2.05) is 0 Å². The van der Waals surface area contributed by atoms with Crippen molar-refractivity contribution in [1.82, 2.24) is 14.8 Å². The molecule has 1 aromatic rings. The second-order valence-corrected chi connectivity index (χ2v) is 5.81. The third-order valence-electron chi connectivity index (χ3n) is 4.28. The monoisotopic (exact) mass is 279 g/mol. The van der Waals surface area contributed by atoms with Gasteiger partial charge in [-0.05, 0) is 31.4 Å². The molecule has 0 bridgehead atoms. The lowest BCUT2D eigenvalue weighted by Gasteiger charge is -2.35. The fourth-order valence-corrected chi connectivity index (χ4v) is 2.83. The summed E-state index contributed by atoms with van der Waals surface area (Å²) in [7, 11) is 0. The molecular formula is C15H22FN3O. The third-order valence-corrected chi connectivity index (χ3v) is 4.28. The van der Waals surface area contributed by atoms with Crippen molar-refractivity contribution in [2.45, 2.75) is 31.4 Å². The number of hydrogen-bond acceptors (Lipinski definition) is 4. The van der Waals surface area contributed by atoms with E-state index in [0.29, 0.717) is 12.1 Å². The van der Waals surface area contributed by atoms with Crippen molar-refractivity contribution in [3.8, 4) is 0 Å². The van der Waals surface area contributed by atoms with Gasteiger partial charge in [0, 0.05) is 38.8 Å². The zero-order valence-electron chi connectivity index (χ0n) is 11.7.